The number of para-hydroxylation sites is 3. The molecule has 0 N–H and O–H groups in total. The highest BCUT2D eigenvalue weighted by Gasteiger charge is 2.21. The molecule has 0 aliphatic rings. The summed E-state index contributed by atoms with van der Waals surface area (Å²) in [5.41, 5.74) is 7.65. The zero-order valence-corrected chi connectivity index (χ0v) is 24.8. The molecule has 3 aromatic heterocycles. The smallest absolute Gasteiger partial charge is 0.168 e. The van der Waals surface area contributed by atoms with E-state index in [1.807, 2.05) is 0 Å². The molecule has 46 heavy (non-hydrogen) atoms. The van der Waals surface area contributed by atoms with Crippen LogP contribution in [0.25, 0.3) is 87.9 Å². The number of hydrogen-bond donors (Lipinski definition) is 0. The largest absolute Gasteiger partial charge is 0.309 e. The van der Waals surface area contributed by atoms with E-state index >= 15 is 0 Å². The van der Waals surface area contributed by atoms with Crippen LogP contribution in [0.4, 0.5) is 0 Å². The van der Waals surface area contributed by atoms with Gasteiger partial charge in [0, 0.05) is 43.6 Å². The van der Waals surface area contributed by atoms with Crippen LogP contribution in [0.1, 0.15) is 0 Å². The van der Waals surface area contributed by atoms with Gasteiger partial charge in [-0.1, -0.05) is 115 Å². The van der Waals surface area contributed by atoms with Crippen molar-refractivity contribution in [2.45, 2.75) is 0 Å². The molecule has 3 heterocycles. The Hall–Kier alpha value is -6.26. The first-order chi connectivity index (χ1) is 22.8. The van der Waals surface area contributed by atoms with Crippen LogP contribution in [0.15, 0.2) is 158 Å². The summed E-state index contributed by atoms with van der Waals surface area (Å²) in [5, 5.41) is 19.5. The van der Waals surface area contributed by atoms with E-state index in [0.29, 0.717) is 0 Å². The first-order valence-corrected chi connectivity index (χ1v) is 15.6. The molecule has 0 aliphatic heterocycles. The fraction of sp³-hybridized carbons (Fsp3) is 0. The van der Waals surface area contributed by atoms with Crippen molar-refractivity contribution in [2.24, 2.45) is 0 Å². The van der Waals surface area contributed by atoms with Crippen molar-refractivity contribution in [3.05, 3.63) is 158 Å². The van der Waals surface area contributed by atoms with Gasteiger partial charge in [-0.15, -0.1) is 10.2 Å². The van der Waals surface area contributed by atoms with Gasteiger partial charge in [-0.2, -0.15) is 0 Å². The molecule has 0 saturated carbocycles. The Morgan fingerprint density at radius 1 is 0.370 bits per heavy atom. The molecule has 0 saturated heterocycles. The van der Waals surface area contributed by atoms with Crippen molar-refractivity contribution in [1.82, 2.24) is 19.3 Å². The van der Waals surface area contributed by atoms with Crippen LogP contribution in [0.3, 0.4) is 0 Å². The standard InChI is InChI=1S/C42H26N4/c1-2-15-29(16-3-1)45-37-23-11-9-20-33(37)40-34(21-12-24-38(40)45)41-31-18-6-7-19-32(31)42(44-43-41)46-36-22-10-8-17-30(36)35-25-27-13-4-5-14-28(27)26-39(35)46/h1-26H. The Morgan fingerprint density at radius 2 is 0.978 bits per heavy atom. The Labute approximate surface area is 264 Å². The first kappa shape index (κ1) is 25.1. The predicted octanol–water partition coefficient (Wildman–Crippen LogP) is 10.6. The van der Waals surface area contributed by atoms with Crippen LogP contribution in [-0.2, 0) is 0 Å². The lowest BCUT2D eigenvalue weighted by molar-refractivity contribution is 0.978. The second-order valence-electron chi connectivity index (χ2n) is 11.9. The van der Waals surface area contributed by atoms with Crippen molar-refractivity contribution >= 4 is 65.2 Å². The minimum atomic E-state index is 0.833. The molecule has 214 valence electrons. The zero-order valence-electron chi connectivity index (χ0n) is 24.8. The number of nitrogens with zero attached hydrogens (tertiary/aromatic N) is 4. The molecule has 0 spiro atoms. The van der Waals surface area contributed by atoms with E-state index in [-0.39, 0.29) is 0 Å². The molecule has 0 fully saturated rings. The van der Waals surface area contributed by atoms with E-state index in [2.05, 4.69) is 167 Å². The van der Waals surface area contributed by atoms with Gasteiger partial charge in [-0.3, -0.25) is 4.57 Å². The molecule has 0 radical (unpaired) electrons. The summed E-state index contributed by atoms with van der Waals surface area (Å²) < 4.78 is 4.64. The van der Waals surface area contributed by atoms with Crippen molar-refractivity contribution in [1.29, 1.82) is 0 Å². The molecular weight excluding hydrogens is 560 g/mol. The lowest BCUT2D eigenvalue weighted by Crippen LogP contribution is -2.02. The van der Waals surface area contributed by atoms with Crippen LogP contribution < -0.4 is 0 Å². The molecular formula is C42H26N4. The molecule has 4 nitrogen and oxygen atoms in total. The summed E-state index contributed by atoms with van der Waals surface area (Å²) in [5.74, 6) is 0.833. The highest BCUT2D eigenvalue weighted by molar-refractivity contribution is 6.18. The number of rotatable bonds is 3. The molecule has 0 bridgehead atoms. The van der Waals surface area contributed by atoms with E-state index < -0.39 is 0 Å². The highest BCUT2D eigenvalue weighted by atomic mass is 15.2. The van der Waals surface area contributed by atoms with Gasteiger partial charge in [0.05, 0.1) is 22.1 Å². The number of hydrogen-bond acceptors (Lipinski definition) is 2. The fourth-order valence-electron chi connectivity index (χ4n) is 7.41. The maximum Gasteiger partial charge on any atom is 0.168 e. The summed E-state index contributed by atoms with van der Waals surface area (Å²) in [6.45, 7) is 0. The average Bonchev–Trinajstić information content (AvgIpc) is 3.63. The van der Waals surface area contributed by atoms with Crippen LogP contribution in [-0.4, -0.2) is 19.3 Å². The van der Waals surface area contributed by atoms with Crippen molar-refractivity contribution in [3.8, 4) is 22.8 Å². The van der Waals surface area contributed by atoms with Gasteiger partial charge in [-0.25, -0.2) is 0 Å². The average molecular weight is 587 g/mol. The van der Waals surface area contributed by atoms with Crippen LogP contribution in [0.5, 0.6) is 0 Å². The number of fused-ring (bicyclic) bond motifs is 8. The van der Waals surface area contributed by atoms with Crippen LogP contribution in [0, 0.1) is 0 Å². The van der Waals surface area contributed by atoms with Crippen LogP contribution in [0.2, 0.25) is 0 Å². The van der Waals surface area contributed by atoms with Gasteiger partial charge < -0.3 is 4.57 Å². The molecule has 7 aromatic carbocycles. The van der Waals surface area contributed by atoms with E-state index in [1.54, 1.807) is 0 Å². The number of aromatic nitrogens is 4. The Morgan fingerprint density at radius 3 is 1.78 bits per heavy atom. The molecule has 0 amide bonds. The second kappa shape index (κ2) is 9.62. The predicted molar refractivity (Wildman–Crippen MR) is 191 cm³/mol. The van der Waals surface area contributed by atoms with Crippen molar-refractivity contribution < 1.29 is 0 Å². The van der Waals surface area contributed by atoms with E-state index in [9.17, 15) is 0 Å². The molecule has 4 heteroatoms. The number of benzene rings is 7. The Bertz CT molecular complexity index is 2810. The SMILES string of the molecule is c1ccc(-n2c3ccccc3c3c(-c4nnc(-n5c6ccccc6c6cc7ccccc7cc65)c5ccccc45)cccc32)cc1. The maximum atomic E-state index is 5.07. The molecule has 0 atom stereocenters. The van der Waals surface area contributed by atoms with Gasteiger partial charge in [0.1, 0.15) is 5.69 Å². The summed E-state index contributed by atoms with van der Waals surface area (Å²) in [6.07, 6.45) is 0. The van der Waals surface area contributed by atoms with Crippen molar-refractivity contribution in [3.63, 3.8) is 0 Å². The monoisotopic (exact) mass is 586 g/mol. The first-order valence-electron chi connectivity index (χ1n) is 15.6. The minimum absolute atomic E-state index is 0.833. The van der Waals surface area contributed by atoms with E-state index in [0.717, 1.165) is 50.1 Å². The lowest BCUT2D eigenvalue weighted by Gasteiger charge is -2.13. The molecule has 0 unspecified atom stereocenters. The quantitative estimate of drug-likeness (QED) is 0.206. The van der Waals surface area contributed by atoms with Gasteiger partial charge in [0.25, 0.3) is 0 Å². The van der Waals surface area contributed by atoms with Gasteiger partial charge in [-0.05, 0) is 53.2 Å². The van der Waals surface area contributed by atoms with Crippen molar-refractivity contribution in [2.75, 3.05) is 0 Å². The van der Waals surface area contributed by atoms with Gasteiger partial charge in [0.15, 0.2) is 5.82 Å². The third-order valence-corrected chi connectivity index (χ3v) is 9.39. The third kappa shape index (κ3) is 3.49. The molecule has 0 aliphatic carbocycles. The van der Waals surface area contributed by atoms with E-state index in [1.165, 1.54) is 37.8 Å². The maximum absolute atomic E-state index is 5.07. The zero-order chi connectivity index (χ0) is 30.2. The second-order valence-corrected chi connectivity index (χ2v) is 11.9. The van der Waals surface area contributed by atoms with E-state index in [4.69, 9.17) is 10.2 Å². The van der Waals surface area contributed by atoms with Gasteiger partial charge >= 0.3 is 0 Å². The normalized spacial score (nSPS) is 11.9. The molecule has 10 rings (SSSR count). The summed E-state index contributed by atoms with van der Waals surface area (Å²) in [6, 6.07) is 56.1. The Balaban J connectivity index is 1.29. The fourth-order valence-corrected chi connectivity index (χ4v) is 7.41. The molecule has 10 aromatic rings. The third-order valence-electron chi connectivity index (χ3n) is 9.39. The topological polar surface area (TPSA) is 35.6 Å². The Kier molecular flexibility index (Phi) is 5.25. The summed E-state index contributed by atoms with van der Waals surface area (Å²) in [4.78, 5) is 0. The highest BCUT2D eigenvalue weighted by Crippen LogP contribution is 2.41. The summed E-state index contributed by atoms with van der Waals surface area (Å²) >= 11 is 0. The minimum Gasteiger partial charge on any atom is -0.309 e. The lowest BCUT2D eigenvalue weighted by atomic mass is 9.99. The van der Waals surface area contributed by atoms with Crippen LogP contribution >= 0.6 is 0 Å². The summed E-state index contributed by atoms with van der Waals surface area (Å²) in [7, 11) is 0. The van der Waals surface area contributed by atoms with Gasteiger partial charge in [0.2, 0.25) is 0 Å².